The van der Waals surface area contributed by atoms with Crippen LogP contribution in [0.4, 0.5) is 0 Å². The Bertz CT molecular complexity index is 683. The quantitative estimate of drug-likeness (QED) is 0.849. The molecule has 1 aromatic heterocycles. The van der Waals surface area contributed by atoms with Crippen LogP contribution < -0.4 is 0 Å². The van der Waals surface area contributed by atoms with Crippen molar-refractivity contribution in [2.75, 3.05) is 26.3 Å². The molecule has 3 heterocycles. The molecule has 126 valence electrons. The second-order valence-electron chi connectivity index (χ2n) is 6.19. The van der Waals surface area contributed by atoms with Crippen molar-refractivity contribution in [1.29, 1.82) is 0 Å². The minimum absolute atomic E-state index is 0.0650. The van der Waals surface area contributed by atoms with Crippen molar-refractivity contribution in [2.24, 2.45) is 0 Å². The van der Waals surface area contributed by atoms with Crippen LogP contribution in [0.2, 0.25) is 0 Å². The third-order valence-electron chi connectivity index (χ3n) is 4.64. The molecule has 7 heteroatoms. The summed E-state index contributed by atoms with van der Waals surface area (Å²) < 4.78 is 13.2. The molecule has 0 atom stereocenters. The maximum absolute atomic E-state index is 12.6. The van der Waals surface area contributed by atoms with Gasteiger partial charge in [-0.3, -0.25) is 4.79 Å². The van der Waals surface area contributed by atoms with E-state index < -0.39 is 5.79 Å². The van der Waals surface area contributed by atoms with Gasteiger partial charge < -0.3 is 14.4 Å². The molecule has 1 spiro atoms. The molecule has 0 bridgehead atoms. The number of amides is 1. The van der Waals surface area contributed by atoms with E-state index >= 15 is 0 Å². The van der Waals surface area contributed by atoms with Gasteiger partial charge in [0.2, 0.25) is 0 Å². The van der Waals surface area contributed by atoms with Gasteiger partial charge in [0.1, 0.15) is 12.7 Å². The Kier molecular flexibility index (Phi) is 4.03. The fourth-order valence-corrected chi connectivity index (χ4v) is 3.27. The number of piperidine rings is 1. The molecule has 2 aromatic rings. The summed E-state index contributed by atoms with van der Waals surface area (Å²) in [6.07, 6.45) is 4.67. The van der Waals surface area contributed by atoms with Crippen molar-refractivity contribution in [1.82, 2.24) is 19.7 Å². The molecule has 4 rings (SSSR count). The zero-order chi connectivity index (χ0) is 16.4. The molecule has 0 aliphatic carbocycles. The van der Waals surface area contributed by atoms with Gasteiger partial charge in [-0.2, -0.15) is 5.10 Å². The van der Waals surface area contributed by atoms with Crippen LogP contribution in [-0.2, 0) is 16.0 Å². The maximum Gasteiger partial charge on any atom is 0.253 e. The Labute approximate surface area is 140 Å². The van der Waals surface area contributed by atoms with Crippen LogP contribution in [0.25, 0.3) is 0 Å². The number of hydrogen-bond donors (Lipinski definition) is 0. The molecule has 2 aliphatic heterocycles. The average Bonchev–Trinajstić information content (AvgIpc) is 3.28. The molecule has 24 heavy (non-hydrogen) atoms. The summed E-state index contributed by atoms with van der Waals surface area (Å²) in [4.78, 5) is 18.5. The number of carbonyl (C=O) groups excluding carboxylic acids is 1. The van der Waals surface area contributed by atoms with E-state index in [2.05, 4.69) is 10.1 Å². The Hall–Kier alpha value is -2.25. The van der Waals surface area contributed by atoms with Crippen LogP contribution in [0.1, 0.15) is 28.8 Å². The molecule has 7 nitrogen and oxygen atoms in total. The standard InChI is InChI=1S/C17H20N4O3/c22-16(20-7-5-17(6-8-20)23-9-10-24-17)15-3-1-14(2-4-15)11-21-13-18-12-19-21/h1-4,12-13H,5-11H2. The average molecular weight is 328 g/mol. The van der Waals surface area contributed by atoms with E-state index in [1.165, 1.54) is 6.33 Å². The first-order valence-electron chi connectivity index (χ1n) is 8.23. The van der Waals surface area contributed by atoms with Crippen LogP contribution in [0.15, 0.2) is 36.9 Å². The summed E-state index contributed by atoms with van der Waals surface area (Å²) in [5, 5.41) is 4.08. The van der Waals surface area contributed by atoms with Gasteiger partial charge >= 0.3 is 0 Å². The summed E-state index contributed by atoms with van der Waals surface area (Å²) in [6.45, 7) is 3.29. The molecule has 0 unspecified atom stereocenters. The molecule has 2 saturated heterocycles. The number of rotatable bonds is 3. The highest BCUT2D eigenvalue weighted by atomic mass is 16.7. The van der Waals surface area contributed by atoms with Crippen molar-refractivity contribution < 1.29 is 14.3 Å². The zero-order valence-corrected chi connectivity index (χ0v) is 13.4. The fourth-order valence-electron chi connectivity index (χ4n) is 3.27. The van der Waals surface area contributed by atoms with Gasteiger partial charge in [0.05, 0.1) is 19.8 Å². The minimum atomic E-state index is -0.446. The number of carbonyl (C=O) groups is 1. The molecule has 1 aromatic carbocycles. The third kappa shape index (κ3) is 3.05. The van der Waals surface area contributed by atoms with E-state index in [0.717, 1.165) is 18.4 Å². The molecular formula is C17H20N4O3. The first-order chi connectivity index (χ1) is 11.7. The number of benzene rings is 1. The van der Waals surface area contributed by atoms with E-state index in [1.807, 2.05) is 29.2 Å². The highest BCUT2D eigenvalue weighted by Crippen LogP contribution is 2.31. The summed E-state index contributed by atoms with van der Waals surface area (Å²) in [6, 6.07) is 7.68. The fraction of sp³-hybridized carbons (Fsp3) is 0.471. The van der Waals surface area contributed by atoms with Gasteiger partial charge in [-0.05, 0) is 17.7 Å². The lowest BCUT2D eigenvalue weighted by molar-refractivity contribution is -0.181. The van der Waals surface area contributed by atoms with Crippen LogP contribution >= 0.6 is 0 Å². The second kappa shape index (κ2) is 6.33. The highest BCUT2D eigenvalue weighted by Gasteiger charge is 2.40. The monoisotopic (exact) mass is 328 g/mol. The normalized spacial score (nSPS) is 19.8. The number of aromatic nitrogens is 3. The van der Waals surface area contributed by atoms with Gasteiger partial charge in [-0.15, -0.1) is 0 Å². The third-order valence-corrected chi connectivity index (χ3v) is 4.64. The molecule has 0 radical (unpaired) electrons. The number of likely N-dealkylation sites (tertiary alicyclic amines) is 1. The van der Waals surface area contributed by atoms with Crippen LogP contribution in [-0.4, -0.2) is 57.7 Å². The van der Waals surface area contributed by atoms with Gasteiger partial charge in [-0.1, -0.05) is 12.1 Å². The van der Waals surface area contributed by atoms with Crippen LogP contribution in [0.3, 0.4) is 0 Å². The molecule has 1 amide bonds. The maximum atomic E-state index is 12.6. The predicted octanol–water partition coefficient (Wildman–Crippen LogP) is 1.31. The molecule has 0 saturated carbocycles. The van der Waals surface area contributed by atoms with E-state index in [0.29, 0.717) is 38.4 Å². The van der Waals surface area contributed by atoms with Crippen molar-refractivity contribution >= 4 is 5.91 Å². The van der Waals surface area contributed by atoms with Gasteiger partial charge in [0.15, 0.2) is 5.79 Å². The lowest BCUT2D eigenvalue weighted by Gasteiger charge is -2.37. The Morgan fingerprint density at radius 3 is 2.46 bits per heavy atom. The van der Waals surface area contributed by atoms with Crippen LogP contribution in [0, 0.1) is 0 Å². The Morgan fingerprint density at radius 2 is 1.83 bits per heavy atom. The summed E-state index contributed by atoms with van der Waals surface area (Å²) in [5.74, 6) is -0.381. The molecule has 0 N–H and O–H groups in total. The summed E-state index contributed by atoms with van der Waals surface area (Å²) in [7, 11) is 0. The first-order valence-corrected chi connectivity index (χ1v) is 8.23. The van der Waals surface area contributed by atoms with Crippen molar-refractivity contribution in [3.8, 4) is 0 Å². The lowest BCUT2D eigenvalue weighted by Crippen LogP contribution is -2.47. The van der Waals surface area contributed by atoms with Gasteiger partial charge in [0, 0.05) is 31.5 Å². The molecule has 2 fully saturated rings. The Morgan fingerprint density at radius 1 is 1.12 bits per heavy atom. The molecular weight excluding hydrogens is 308 g/mol. The minimum Gasteiger partial charge on any atom is -0.347 e. The zero-order valence-electron chi connectivity index (χ0n) is 13.4. The summed E-state index contributed by atoms with van der Waals surface area (Å²) >= 11 is 0. The number of nitrogens with zero attached hydrogens (tertiary/aromatic N) is 4. The van der Waals surface area contributed by atoms with E-state index in [4.69, 9.17) is 9.47 Å². The first kappa shape index (κ1) is 15.3. The topological polar surface area (TPSA) is 69.5 Å². The second-order valence-corrected chi connectivity index (χ2v) is 6.19. The summed E-state index contributed by atoms with van der Waals surface area (Å²) in [5.41, 5.74) is 1.80. The Balaban J connectivity index is 1.38. The number of hydrogen-bond acceptors (Lipinski definition) is 5. The van der Waals surface area contributed by atoms with E-state index in [-0.39, 0.29) is 5.91 Å². The van der Waals surface area contributed by atoms with Crippen molar-refractivity contribution in [3.05, 3.63) is 48.0 Å². The largest absolute Gasteiger partial charge is 0.347 e. The number of ether oxygens (including phenoxy) is 2. The van der Waals surface area contributed by atoms with E-state index in [1.54, 1.807) is 11.0 Å². The van der Waals surface area contributed by atoms with Gasteiger partial charge in [-0.25, -0.2) is 9.67 Å². The van der Waals surface area contributed by atoms with Gasteiger partial charge in [0.25, 0.3) is 5.91 Å². The highest BCUT2D eigenvalue weighted by molar-refractivity contribution is 5.94. The van der Waals surface area contributed by atoms with Crippen molar-refractivity contribution in [2.45, 2.75) is 25.2 Å². The predicted molar refractivity (Wildman–Crippen MR) is 85.3 cm³/mol. The molecule has 2 aliphatic rings. The smallest absolute Gasteiger partial charge is 0.253 e. The lowest BCUT2D eigenvalue weighted by atomic mass is 10.0. The van der Waals surface area contributed by atoms with Crippen LogP contribution in [0.5, 0.6) is 0 Å². The SMILES string of the molecule is O=C(c1ccc(Cn2cncn2)cc1)N1CCC2(CC1)OCCO2. The van der Waals surface area contributed by atoms with E-state index in [9.17, 15) is 4.79 Å². The van der Waals surface area contributed by atoms with Crippen molar-refractivity contribution in [3.63, 3.8) is 0 Å².